The van der Waals surface area contributed by atoms with Gasteiger partial charge in [-0.1, -0.05) is 32.4 Å². The molecule has 0 saturated carbocycles. The Labute approximate surface area is 149 Å². The van der Waals surface area contributed by atoms with E-state index in [9.17, 15) is 5.11 Å². The smallest absolute Gasteiger partial charge is 0.180 e. The number of aromatic nitrogens is 3. The lowest BCUT2D eigenvalue weighted by atomic mass is 10.1. The van der Waals surface area contributed by atoms with Gasteiger partial charge in [-0.15, -0.1) is 0 Å². The molecule has 0 aliphatic carbocycles. The highest BCUT2D eigenvalue weighted by atomic mass is 16.5. The Bertz CT molecular complexity index is 649. The molecule has 2 N–H and O–H groups in total. The van der Waals surface area contributed by atoms with Crippen LogP contribution in [0.25, 0.3) is 6.08 Å². The molecule has 0 bridgehead atoms. The summed E-state index contributed by atoms with van der Waals surface area (Å²) in [5.41, 5.74) is 0.833. The normalized spacial score (nSPS) is 11.8. The number of nitrogens with one attached hydrogen (secondary N) is 1. The molecule has 2 aromatic heterocycles. The molecule has 1 atom stereocenters. The van der Waals surface area contributed by atoms with E-state index in [0.717, 1.165) is 25.0 Å². The number of anilines is 1. The minimum Gasteiger partial charge on any atom is -0.482 e. The van der Waals surface area contributed by atoms with Crippen LogP contribution in [0.15, 0.2) is 37.2 Å². The van der Waals surface area contributed by atoms with Crippen LogP contribution >= 0.6 is 0 Å². The zero-order valence-electron chi connectivity index (χ0n) is 14.7. The number of hydrogen-bond donors (Lipinski definition) is 2. The molecule has 0 aliphatic heterocycles. The van der Waals surface area contributed by atoms with Gasteiger partial charge in [-0.05, 0) is 31.1 Å². The number of aliphatic hydroxyl groups excluding tert-OH is 1. The lowest BCUT2D eigenvalue weighted by Crippen LogP contribution is -2.22. The first-order valence-corrected chi connectivity index (χ1v) is 8.66. The molecule has 0 spiro atoms. The van der Waals surface area contributed by atoms with Crippen molar-refractivity contribution in [3.8, 4) is 5.75 Å². The summed E-state index contributed by atoms with van der Waals surface area (Å²) in [4.78, 5) is 12.9. The van der Waals surface area contributed by atoms with Crippen molar-refractivity contribution >= 4 is 11.9 Å². The molecular formula is C19H26N4O2. The van der Waals surface area contributed by atoms with Crippen molar-refractivity contribution in [2.45, 2.75) is 45.3 Å². The highest BCUT2D eigenvalue weighted by Gasteiger charge is 2.14. The molecule has 2 heterocycles. The van der Waals surface area contributed by atoms with Gasteiger partial charge in [0, 0.05) is 18.8 Å². The van der Waals surface area contributed by atoms with Crippen molar-refractivity contribution in [3.05, 3.63) is 48.7 Å². The van der Waals surface area contributed by atoms with E-state index in [-0.39, 0.29) is 12.6 Å². The third-order valence-corrected chi connectivity index (χ3v) is 3.78. The highest BCUT2D eigenvalue weighted by molar-refractivity contribution is 5.52. The van der Waals surface area contributed by atoms with Crippen LogP contribution in [-0.4, -0.2) is 32.7 Å². The highest BCUT2D eigenvalue weighted by Crippen LogP contribution is 2.24. The zero-order valence-corrected chi connectivity index (χ0v) is 14.7. The van der Waals surface area contributed by atoms with Crippen LogP contribution in [0.5, 0.6) is 5.75 Å². The second-order valence-electron chi connectivity index (χ2n) is 5.75. The first-order chi connectivity index (χ1) is 12.3. The van der Waals surface area contributed by atoms with Crippen molar-refractivity contribution in [1.82, 2.24) is 15.0 Å². The van der Waals surface area contributed by atoms with Crippen molar-refractivity contribution in [2.75, 3.05) is 11.9 Å². The quantitative estimate of drug-likeness (QED) is 0.651. The van der Waals surface area contributed by atoms with Gasteiger partial charge in [-0.3, -0.25) is 4.98 Å². The van der Waals surface area contributed by atoms with Gasteiger partial charge in [0.25, 0.3) is 0 Å². The average molecular weight is 342 g/mol. The molecule has 2 aromatic rings. The number of nitrogens with zero attached hydrogens (tertiary/aromatic N) is 3. The van der Waals surface area contributed by atoms with E-state index in [1.807, 2.05) is 18.2 Å². The van der Waals surface area contributed by atoms with Gasteiger partial charge in [-0.25, -0.2) is 9.97 Å². The second kappa shape index (κ2) is 10.4. The van der Waals surface area contributed by atoms with Crippen molar-refractivity contribution in [1.29, 1.82) is 0 Å². The monoisotopic (exact) mass is 342 g/mol. The molecular weight excluding hydrogens is 316 g/mol. The third-order valence-electron chi connectivity index (χ3n) is 3.78. The van der Waals surface area contributed by atoms with E-state index in [1.165, 1.54) is 0 Å². The Hall–Kier alpha value is -2.47. The van der Waals surface area contributed by atoms with Crippen LogP contribution in [0.1, 0.15) is 44.1 Å². The molecule has 2 rings (SSSR count). The minimum atomic E-state index is 0.130. The summed E-state index contributed by atoms with van der Waals surface area (Å²) in [6.45, 7) is 6.34. The molecule has 6 nitrogen and oxygen atoms in total. The predicted octanol–water partition coefficient (Wildman–Crippen LogP) is 3.45. The standard InChI is InChI=1S/C19H26N4O2/c1-3-5-8-15(10-12-24)22-19-17(13-21-18(4-2)23-19)25-14-16-9-6-7-11-20-16/h4,6-7,9,11,13,15,24H,2-3,5,8,10,12,14H2,1H3,(H,21,22,23)/t15-/m0/s1. The Morgan fingerprint density at radius 3 is 2.88 bits per heavy atom. The largest absolute Gasteiger partial charge is 0.482 e. The maximum Gasteiger partial charge on any atom is 0.180 e. The van der Waals surface area contributed by atoms with Crippen molar-refractivity contribution in [2.24, 2.45) is 0 Å². The number of ether oxygens (including phenoxy) is 1. The van der Waals surface area contributed by atoms with E-state index < -0.39 is 0 Å². The zero-order chi connectivity index (χ0) is 17.9. The third kappa shape index (κ3) is 6.15. The average Bonchev–Trinajstić information content (AvgIpc) is 2.66. The molecule has 0 fully saturated rings. The summed E-state index contributed by atoms with van der Waals surface area (Å²) >= 11 is 0. The van der Waals surface area contributed by atoms with E-state index in [4.69, 9.17) is 4.74 Å². The number of aliphatic hydroxyl groups is 1. The molecule has 134 valence electrons. The number of unbranched alkanes of at least 4 members (excludes halogenated alkanes) is 1. The van der Waals surface area contributed by atoms with Crippen molar-refractivity contribution < 1.29 is 9.84 Å². The number of pyridine rings is 1. The fourth-order valence-electron chi connectivity index (χ4n) is 2.42. The van der Waals surface area contributed by atoms with Crippen LogP contribution in [0.4, 0.5) is 5.82 Å². The Morgan fingerprint density at radius 1 is 1.32 bits per heavy atom. The summed E-state index contributed by atoms with van der Waals surface area (Å²) in [5, 5.41) is 12.7. The topological polar surface area (TPSA) is 80.2 Å². The second-order valence-corrected chi connectivity index (χ2v) is 5.75. The number of hydrogen-bond acceptors (Lipinski definition) is 6. The van der Waals surface area contributed by atoms with Gasteiger partial charge in [0.1, 0.15) is 6.61 Å². The van der Waals surface area contributed by atoms with E-state index in [2.05, 4.69) is 33.8 Å². The molecule has 0 unspecified atom stereocenters. The summed E-state index contributed by atoms with van der Waals surface area (Å²) < 4.78 is 5.86. The van der Waals surface area contributed by atoms with Crippen LogP contribution in [0.2, 0.25) is 0 Å². The summed E-state index contributed by atoms with van der Waals surface area (Å²) in [7, 11) is 0. The molecule has 6 heteroatoms. The Kier molecular flexibility index (Phi) is 7.85. The summed E-state index contributed by atoms with van der Waals surface area (Å²) in [6.07, 6.45) is 8.79. The SMILES string of the molecule is C=Cc1ncc(OCc2ccccn2)c(N[C@H](CCO)CCCC)n1. The maximum absolute atomic E-state index is 9.31. The molecule has 0 aromatic carbocycles. The van der Waals surface area contributed by atoms with E-state index in [0.29, 0.717) is 30.4 Å². The van der Waals surface area contributed by atoms with E-state index in [1.54, 1.807) is 18.5 Å². The van der Waals surface area contributed by atoms with E-state index >= 15 is 0 Å². The fourth-order valence-corrected chi connectivity index (χ4v) is 2.42. The molecule has 0 radical (unpaired) electrons. The maximum atomic E-state index is 9.31. The molecule has 0 aliphatic rings. The summed E-state index contributed by atoms with van der Waals surface area (Å²) in [5.74, 6) is 1.72. The van der Waals surface area contributed by atoms with Crippen molar-refractivity contribution in [3.63, 3.8) is 0 Å². The predicted molar refractivity (Wildman–Crippen MR) is 99.3 cm³/mol. The fraction of sp³-hybridized carbons (Fsp3) is 0.421. The van der Waals surface area contributed by atoms with Gasteiger partial charge in [-0.2, -0.15) is 0 Å². The van der Waals surface area contributed by atoms with Crippen LogP contribution < -0.4 is 10.1 Å². The van der Waals surface area contributed by atoms with Gasteiger partial charge >= 0.3 is 0 Å². The van der Waals surface area contributed by atoms with Gasteiger partial charge < -0.3 is 15.2 Å². The number of rotatable bonds is 11. The van der Waals surface area contributed by atoms with Gasteiger partial charge in [0.2, 0.25) is 0 Å². The molecule has 25 heavy (non-hydrogen) atoms. The summed E-state index contributed by atoms with van der Waals surface area (Å²) in [6, 6.07) is 5.83. The van der Waals surface area contributed by atoms with Gasteiger partial charge in [0.05, 0.1) is 11.9 Å². The van der Waals surface area contributed by atoms with Gasteiger partial charge in [0.15, 0.2) is 17.4 Å². The Balaban J connectivity index is 2.13. The molecule has 0 amide bonds. The lowest BCUT2D eigenvalue weighted by molar-refractivity contribution is 0.275. The van der Waals surface area contributed by atoms with Crippen LogP contribution in [-0.2, 0) is 6.61 Å². The van der Waals surface area contributed by atoms with Crippen LogP contribution in [0, 0.1) is 0 Å². The first kappa shape index (κ1) is 18.9. The Morgan fingerprint density at radius 2 is 2.20 bits per heavy atom. The molecule has 0 saturated heterocycles. The lowest BCUT2D eigenvalue weighted by Gasteiger charge is -2.20. The van der Waals surface area contributed by atoms with Crippen LogP contribution in [0.3, 0.4) is 0 Å². The first-order valence-electron chi connectivity index (χ1n) is 8.66. The minimum absolute atomic E-state index is 0.130.